The molecule has 0 spiro atoms. The molecule has 1 aromatic heterocycles. The second kappa shape index (κ2) is 6.61. The van der Waals surface area contributed by atoms with Gasteiger partial charge in [0, 0.05) is 17.8 Å². The Labute approximate surface area is 126 Å². The highest BCUT2D eigenvalue weighted by Gasteiger charge is 2.06. The molecule has 1 N–H and O–H groups in total. The van der Waals surface area contributed by atoms with E-state index in [1.165, 1.54) is 18.3 Å². The molecule has 2 rings (SSSR count). The highest BCUT2D eigenvalue weighted by Crippen LogP contribution is 2.10. The van der Waals surface area contributed by atoms with E-state index in [9.17, 15) is 14.9 Å². The van der Waals surface area contributed by atoms with Crippen LogP contribution in [-0.2, 0) is 11.3 Å². The van der Waals surface area contributed by atoms with Crippen LogP contribution in [0.3, 0.4) is 0 Å². The van der Waals surface area contributed by atoms with E-state index in [-0.39, 0.29) is 18.1 Å². The molecule has 1 aromatic carbocycles. The first kappa shape index (κ1) is 15.4. The smallest absolute Gasteiger partial charge is 0.269 e. The van der Waals surface area contributed by atoms with E-state index in [0.717, 1.165) is 11.4 Å². The van der Waals surface area contributed by atoms with Gasteiger partial charge in [0.15, 0.2) is 0 Å². The third-order valence-electron chi connectivity index (χ3n) is 2.90. The fourth-order valence-electron chi connectivity index (χ4n) is 1.87. The molecule has 0 aliphatic carbocycles. The lowest BCUT2D eigenvalue weighted by Gasteiger charge is -2.02. The summed E-state index contributed by atoms with van der Waals surface area (Å²) in [4.78, 5) is 21.8. The minimum Gasteiger partial charge on any atom is -0.271 e. The molecule has 0 fully saturated rings. The molecule has 0 aliphatic heterocycles. The number of rotatable bonds is 5. The SMILES string of the molecule is Cc1cc(C)n(CC(=O)N/N=C/c2ccc([N+](=O)[O-])cc2)n1. The molecule has 0 bridgehead atoms. The van der Waals surface area contributed by atoms with Crippen LogP contribution in [0.5, 0.6) is 0 Å². The van der Waals surface area contributed by atoms with E-state index in [4.69, 9.17) is 0 Å². The first-order chi connectivity index (χ1) is 10.5. The number of nitro groups is 1. The summed E-state index contributed by atoms with van der Waals surface area (Å²) in [5.74, 6) is -0.302. The van der Waals surface area contributed by atoms with Crippen molar-refractivity contribution in [3.63, 3.8) is 0 Å². The van der Waals surface area contributed by atoms with Gasteiger partial charge in [0.2, 0.25) is 0 Å². The molecule has 22 heavy (non-hydrogen) atoms. The van der Waals surface area contributed by atoms with Crippen molar-refractivity contribution in [3.05, 3.63) is 57.4 Å². The largest absolute Gasteiger partial charge is 0.271 e. The standard InChI is InChI=1S/C14H15N5O3/c1-10-7-11(2)18(17-10)9-14(20)16-15-8-12-3-5-13(6-4-12)19(21)22/h3-8H,9H2,1-2H3,(H,16,20)/b15-8+. The predicted octanol–water partition coefficient (Wildman–Crippen LogP) is 1.56. The Balaban J connectivity index is 1.90. The van der Waals surface area contributed by atoms with Gasteiger partial charge in [-0.2, -0.15) is 10.2 Å². The summed E-state index contributed by atoms with van der Waals surface area (Å²) in [5.41, 5.74) is 4.79. The van der Waals surface area contributed by atoms with Crippen LogP contribution in [0.25, 0.3) is 0 Å². The van der Waals surface area contributed by atoms with E-state index in [1.807, 2.05) is 19.9 Å². The number of nitrogens with one attached hydrogen (secondary N) is 1. The Kier molecular flexibility index (Phi) is 4.62. The predicted molar refractivity (Wildman–Crippen MR) is 80.5 cm³/mol. The fourth-order valence-corrected chi connectivity index (χ4v) is 1.87. The number of nitro benzene ring substituents is 1. The summed E-state index contributed by atoms with van der Waals surface area (Å²) in [6, 6.07) is 7.73. The summed E-state index contributed by atoms with van der Waals surface area (Å²) in [7, 11) is 0. The van der Waals surface area contributed by atoms with Crippen molar-refractivity contribution >= 4 is 17.8 Å². The van der Waals surface area contributed by atoms with Gasteiger partial charge in [-0.05, 0) is 37.6 Å². The number of nitrogens with zero attached hydrogens (tertiary/aromatic N) is 4. The summed E-state index contributed by atoms with van der Waals surface area (Å²) in [5, 5.41) is 18.5. The lowest BCUT2D eigenvalue weighted by atomic mass is 10.2. The van der Waals surface area contributed by atoms with Crippen LogP contribution in [0.1, 0.15) is 17.0 Å². The van der Waals surface area contributed by atoms with Crippen LogP contribution in [0.2, 0.25) is 0 Å². The Hall–Kier alpha value is -3.03. The second-order valence-corrected chi connectivity index (χ2v) is 4.73. The second-order valence-electron chi connectivity index (χ2n) is 4.73. The zero-order valence-electron chi connectivity index (χ0n) is 12.2. The normalized spacial score (nSPS) is 10.8. The van der Waals surface area contributed by atoms with Gasteiger partial charge >= 0.3 is 0 Å². The Morgan fingerprint density at radius 1 is 1.41 bits per heavy atom. The topological polar surface area (TPSA) is 102 Å². The quantitative estimate of drug-likeness (QED) is 0.514. The van der Waals surface area contributed by atoms with Gasteiger partial charge < -0.3 is 0 Å². The van der Waals surface area contributed by atoms with Crippen molar-refractivity contribution in [3.8, 4) is 0 Å². The number of carbonyl (C=O) groups excluding carboxylic acids is 1. The maximum absolute atomic E-state index is 11.7. The van der Waals surface area contributed by atoms with Crippen molar-refractivity contribution < 1.29 is 9.72 Å². The van der Waals surface area contributed by atoms with Gasteiger partial charge in [-0.1, -0.05) is 0 Å². The number of hydrazone groups is 1. The zero-order valence-corrected chi connectivity index (χ0v) is 12.2. The van der Waals surface area contributed by atoms with Crippen molar-refractivity contribution in [2.24, 2.45) is 5.10 Å². The van der Waals surface area contributed by atoms with Gasteiger partial charge in [-0.25, -0.2) is 5.43 Å². The van der Waals surface area contributed by atoms with Crippen LogP contribution in [0.15, 0.2) is 35.4 Å². The van der Waals surface area contributed by atoms with Crippen molar-refractivity contribution in [2.45, 2.75) is 20.4 Å². The van der Waals surface area contributed by atoms with Gasteiger partial charge in [0.1, 0.15) is 6.54 Å². The summed E-state index contributed by atoms with van der Waals surface area (Å²) >= 11 is 0. The van der Waals surface area contributed by atoms with Crippen molar-refractivity contribution in [1.29, 1.82) is 0 Å². The van der Waals surface area contributed by atoms with Crippen LogP contribution in [0.4, 0.5) is 5.69 Å². The van der Waals surface area contributed by atoms with Crippen molar-refractivity contribution in [2.75, 3.05) is 0 Å². The van der Waals surface area contributed by atoms with Crippen LogP contribution in [-0.4, -0.2) is 26.8 Å². The van der Waals surface area contributed by atoms with Gasteiger partial charge in [-0.15, -0.1) is 0 Å². The number of hydrogen-bond acceptors (Lipinski definition) is 5. The molecule has 1 heterocycles. The molecule has 0 aliphatic rings. The minimum absolute atomic E-state index is 0.00529. The van der Waals surface area contributed by atoms with Gasteiger partial charge in [0.25, 0.3) is 11.6 Å². The van der Waals surface area contributed by atoms with Crippen LogP contribution in [0, 0.1) is 24.0 Å². The number of amides is 1. The Morgan fingerprint density at radius 2 is 2.09 bits per heavy atom. The van der Waals surface area contributed by atoms with Crippen LogP contribution >= 0.6 is 0 Å². The number of aryl methyl sites for hydroxylation is 2. The average molecular weight is 301 g/mol. The van der Waals surface area contributed by atoms with Crippen molar-refractivity contribution in [1.82, 2.24) is 15.2 Å². The molecule has 0 unspecified atom stereocenters. The highest BCUT2D eigenvalue weighted by atomic mass is 16.6. The summed E-state index contributed by atoms with van der Waals surface area (Å²) in [6.07, 6.45) is 1.42. The van der Waals surface area contributed by atoms with E-state index < -0.39 is 4.92 Å². The molecule has 0 saturated heterocycles. The average Bonchev–Trinajstić information content (AvgIpc) is 2.77. The lowest BCUT2D eigenvalue weighted by Crippen LogP contribution is -2.24. The molecule has 114 valence electrons. The van der Waals surface area contributed by atoms with E-state index >= 15 is 0 Å². The molecular formula is C14H15N5O3. The molecule has 0 radical (unpaired) electrons. The van der Waals surface area contributed by atoms with E-state index in [2.05, 4.69) is 15.6 Å². The van der Waals surface area contributed by atoms with Gasteiger partial charge in [-0.3, -0.25) is 19.6 Å². The summed E-state index contributed by atoms with van der Waals surface area (Å²) < 4.78 is 1.59. The molecule has 8 nitrogen and oxygen atoms in total. The Morgan fingerprint density at radius 3 is 2.64 bits per heavy atom. The maximum Gasteiger partial charge on any atom is 0.269 e. The molecule has 0 saturated carbocycles. The van der Waals surface area contributed by atoms with E-state index in [1.54, 1.807) is 16.8 Å². The Bertz CT molecular complexity index is 719. The maximum atomic E-state index is 11.7. The summed E-state index contributed by atoms with van der Waals surface area (Å²) in [6.45, 7) is 3.80. The number of non-ortho nitro benzene ring substituents is 1. The zero-order chi connectivity index (χ0) is 16.1. The highest BCUT2D eigenvalue weighted by molar-refractivity contribution is 5.82. The molecule has 2 aromatic rings. The van der Waals surface area contributed by atoms with E-state index in [0.29, 0.717) is 5.56 Å². The minimum atomic E-state index is -0.475. The lowest BCUT2D eigenvalue weighted by molar-refractivity contribution is -0.384. The molecule has 8 heteroatoms. The van der Waals surface area contributed by atoms with Crippen LogP contribution < -0.4 is 5.43 Å². The number of aromatic nitrogens is 2. The number of carbonyl (C=O) groups is 1. The first-order valence-corrected chi connectivity index (χ1v) is 6.53. The third-order valence-corrected chi connectivity index (χ3v) is 2.90. The molecule has 0 atom stereocenters. The third kappa shape index (κ3) is 3.98. The number of benzene rings is 1. The first-order valence-electron chi connectivity index (χ1n) is 6.53. The monoisotopic (exact) mass is 301 g/mol. The molecule has 1 amide bonds. The van der Waals surface area contributed by atoms with Gasteiger partial charge in [0.05, 0.1) is 16.8 Å². The fraction of sp³-hybridized carbons (Fsp3) is 0.214. The number of hydrogen-bond donors (Lipinski definition) is 1. The molecular weight excluding hydrogens is 286 g/mol.